The molecule has 0 aromatic carbocycles. The van der Waals surface area contributed by atoms with E-state index < -0.39 is 24.0 Å². The molecule has 0 aliphatic heterocycles. The van der Waals surface area contributed by atoms with Crippen LogP contribution in [0.2, 0.25) is 0 Å². The van der Waals surface area contributed by atoms with Crippen LogP contribution in [-0.2, 0) is 0 Å². The Hall–Kier alpha value is -1.53. The first-order valence-corrected chi connectivity index (χ1v) is 6.61. The topological polar surface area (TPSA) is 55.1 Å². The van der Waals surface area contributed by atoms with Gasteiger partial charge in [0.2, 0.25) is 0 Å². The summed E-state index contributed by atoms with van der Waals surface area (Å²) < 4.78 is 43.7. The van der Waals surface area contributed by atoms with Crippen LogP contribution in [-0.4, -0.2) is 23.3 Å². The summed E-state index contributed by atoms with van der Waals surface area (Å²) in [6, 6.07) is -0.870. The molecule has 1 aliphatic carbocycles. The summed E-state index contributed by atoms with van der Waals surface area (Å²) in [5.74, 6) is -1.69. The van der Waals surface area contributed by atoms with E-state index in [0.717, 1.165) is 0 Å². The summed E-state index contributed by atoms with van der Waals surface area (Å²) in [6.07, 6.45) is -2.63. The second kappa shape index (κ2) is 5.46. The van der Waals surface area contributed by atoms with Crippen LogP contribution in [0.15, 0.2) is 4.52 Å². The van der Waals surface area contributed by atoms with Crippen LogP contribution in [0.3, 0.4) is 0 Å². The molecule has 0 unspecified atom stereocenters. The van der Waals surface area contributed by atoms with Crippen LogP contribution in [0.4, 0.5) is 13.2 Å². The van der Waals surface area contributed by atoms with Crippen molar-refractivity contribution in [2.45, 2.75) is 51.7 Å². The third kappa shape index (κ3) is 2.96. The molecule has 1 fully saturated rings. The largest absolute Gasteiger partial charge is 0.393 e. The van der Waals surface area contributed by atoms with E-state index in [2.05, 4.69) is 10.5 Å². The van der Waals surface area contributed by atoms with E-state index in [1.54, 1.807) is 13.8 Å². The van der Waals surface area contributed by atoms with Gasteiger partial charge >= 0.3 is 6.18 Å². The maximum absolute atomic E-state index is 13.0. The Morgan fingerprint density at radius 3 is 2.50 bits per heavy atom. The van der Waals surface area contributed by atoms with E-state index >= 15 is 0 Å². The van der Waals surface area contributed by atoms with Crippen molar-refractivity contribution in [1.29, 1.82) is 0 Å². The standard InChI is InChI=1S/C13H17F3N2O2/c1-7-11(8(2)20-18-7)12(19)17-10-6-4-3-5-9(10)13(14,15)16/h9-10H,3-6H2,1-2H3,(H,17,19)/t9-,10+/m0/s1. The van der Waals surface area contributed by atoms with Gasteiger partial charge in [-0.25, -0.2) is 0 Å². The minimum atomic E-state index is -4.28. The Morgan fingerprint density at radius 2 is 1.95 bits per heavy atom. The quantitative estimate of drug-likeness (QED) is 0.910. The van der Waals surface area contributed by atoms with Gasteiger partial charge in [-0.1, -0.05) is 18.0 Å². The highest BCUT2D eigenvalue weighted by atomic mass is 19.4. The van der Waals surface area contributed by atoms with Crippen LogP contribution in [0, 0.1) is 19.8 Å². The van der Waals surface area contributed by atoms with Crippen molar-refractivity contribution >= 4 is 5.91 Å². The lowest BCUT2D eigenvalue weighted by molar-refractivity contribution is -0.187. The second-order valence-corrected chi connectivity index (χ2v) is 5.21. The van der Waals surface area contributed by atoms with Crippen molar-refractivity contribution in [2.75, 3.05) is 0 Å². The maximum Gasteiger partial charge on any atom is 0.393 e. The molecule has 20 heavy (non-hydrogen) atoms. The molecule has 1 aromatic rings. The molecule has 2 rings (SSSR count). The lowest BCUT2D eigenvalue weighted by atomic mass is 9.84. The molecule has 4 nitrogen and oxygen atoms in total. The zero-order chi connectivity index (χ0) is 14.9. The van der Waals surface area contributed by atoms with Gasteiger partial charge in [0.1, 0.15) is 11.3 Å². The number of alkyl halides is 3. The van der Waals surface area contributed by atoms with Crippen LogP contribution in [0.25, 0.3) is 0 Å². The van der Waals surface area contributed by atoms with Gasteiger partial charge in [-0.2, -0.15) is 13.2 Å². The fraction of sp³-hybridized carbons (Fsp3) is 0.692. The second-order valence-electron chi connectivity index (χ2n) is 5.21. The van der Waals surface area contributed by atoms with Gasteiger partial charge in [-0.15, -0.1) is 0 Å². The number of nitrogens with zero attached hydrogens (tertiary/aromatic N) is 1. The molecule has 0 spiro atoms. The summed E-state index contributed by atoms with van der Waals surface area (Å²) in [7, 11) is 0. The Balaban J connectivity index is 2.13. The van der Waals surface area contributed by atoms with Gasteiger partial charge in [0, 0.05) is 6.04 Å². The monoisotopic (exact) mass is 290 g/mol. The molecule has 2 atom stereocenters. The van der Waals surface area contributed by atoms with E-state index in [4.69, 9.17) is 4.52 Å². The Bertz CT molecular complexity index is 477. The van der Waals surface area contributed by atoms with Gasteiger partial charge in [0.25, 0.3) is 5.91 Å². The SMILES string of the molecule is Cc1noc(C)c1C(=O)N[C@@H]1CCCC[C@@H]1C(F)(F)F. The van der Waals surface area contributed by atoms with Crippen molar-refractivity contribution in [2.24, 2.45) is 5.92 Å². The van der Waals surface area contributed by atoms with Crippen molar-refractivity contribution in [3.05, 3.63) is 17.0 Å². The van der Waals surface area contributed by atoms with Crippen molar-refractivity contribution in [3.8, 4) is 0 Å². The van der Waals surface area contributed by atoms with E-state index in [1.165, 1.54) is 0 Å². The van der Waals surface area contributed by atoms with Crippen molar-refractivity contribution < 1.29 is 22.5 Å². The van der Waals surface area contributed by atoms with Gasteiger partial charge in [-0.05, 0) is 26.7 Å². The number of amides is 1. The molecule has 112 valence electrons. The van der Waals surface area contributed by atoms with Crippen LogP contribution in [0.1, 0.15) is 47.5 Å². The number of rotatable bonds is 2. The van der Waals surface area contributed by atoms with Gasteiger partial charge in [0.05, 0.1) is 11.6 Å². The number of aromatic nitrogens is 1. The third-order valence-electron chi connectivity index (χ3n) is 3.76. The molecule has 0 radical (unpaired) electrons. The molecule has 7 heteroatoms. The average molecular weight is 290 g/mol. The predicted octanol–water partition coefficient (Wildman–Crippen LogP) is 3.14. The lowest BCUT2D eigenvalue weighted by Crippen LogP contribution is -2.47. The van der Waals surface area contributed by atoms with E-state index in [9.17, 15) is 18.0 Å². The summed E-state index contributed by atoms with van der Waals surface area (Å²) in [5.41, 5.74) is 0.621. The first-order chi connectivity index (χ1) is 9.30. The summed E-state index contributed by atoms with van der Waals surface area (Å²) in [6.45, 7) is 3.16. The molecular weight excluding hydrogens is 273 g/mol. The van der Waals surface area contributed by atoms with E-state index in [1.807, 2.05) is 0 Å². The normalized spacial score (nSPS) is 23.6. The smallest absolute Gasteiger partial charge is 0.361 e. The Morgan fingerprint density at radius 1 is 1.30 bits per heavy atom. The molecule has 1 aliphatic rings. The first kappa shape index (κ1) is 14.9. The molecule has 0 saturated heterocycles. The highest BCUT2D eigenvalue weighted by Gasteiger charge is 2.46. The molecule has 1 heterocycles. The van der Waals surface area contributed by atoms with Crippen LogP contribution in [0.5, 0.6) is 0 Å². The van der Waals surface area contributed by atoms with Crippen LogP contribution >= 0.6 is 0 Å². The van der Waals surface area contributed by atoms with Gasteiger partial charge < -0.3 is 9.84 Å². The number of hydrogen-bond donors (Lipinski definition) is 1. The van der Waals surface area contributed by atoms with Gasteiger partial charge in [0.15, 0.2) is 0 Å². The summed E-state index contributed by atoms with van der Waals surface area (Å²) >= 11 is 0. The molecule has 1 N–H and O–H groups in total. The highest BCUT2D eigenvalue weighted by molar-refractivity contribution is 5.96. The van der Waals surface area contributed by atoms with E-state index in [-0.39, 0.29) is 12.0 Å². The fourth-order valence-corrected chi connectivity index (χ4v) is 2.74. The molecule has 0 bridgehead atoms. The van der Waals surface area contributed by atoms with Gasteiger partial charge in [-0.3, -0.25) is 4.79 Å². The van der Waals surface area contributed by atoms with E-state index in [0.29, 0.717) is 30.7 Å². The summed E-state index contributed by atoms with van der Waals surface area (Å²) in [4.78, 5) is 12.1. The zero-order valence-electron chi connectivity index (χ0n) is 11.4. The number of halogens is 3. The lowest BCUT2D eigenvalue weighted by Gasteiger charge is -2.33. The first-order valence-electron chi connectivity index (χ1n) is 6.61. The van der Waals surface area contributed by atoms with Crippen molar-refractivity contribution in [3.63, 3.8) is 0 Å². The number of carbonyl (C=O) groups is 1. The summed E-state index contributed by atoms with van der Waals surface area (Å²) in [5, 5.41) is 6.14. The number of carbonyl (C=O) groups excluding carboxylic acids is 1. The minimum Gasteiger partial charge on any atom is -0.361 e. The van der Waals surface area contributed by atoms with Crippen LogP contribution < -0.4 is 5.32 Å². The number of hydrogen-bond acceptors (Lipinski definition) is 3. The number of aryl methyl sites for hydroxylation is 2. The highest BCUT2D eigenvalue weighted by Crippen LogP contribution is 2.37. The zero-order valence-corrected chi connectivity index (χ0v) is 11.4. The number of nitrogens with one attached hydrogen (secondary N) is 1. The fourth-order valence-electron chi connectivity index (χ4n) is 2.74. The Labute approximate surface area is 114 Å². The maximum atomic E-state index is 13.0. The van der Waals surface area contributed by atoms with Crippen molar-refractivity contribution in [1.82, 2.24) is 10.5 Å². The molecular formula is C13H17F3N2O2. The molecule has 1 aromatic heterocycles. The predicted molar refractivity (Wildman–Crippen MR) is 65.2 cm³/mol. The third-order valence-corrected chi connectivity index (χ3v) is 3.76. The Kier molecular flexibility index (Phi) is 4.06. The molecule has 1 amide bonds. The average Bonchev–Trinajstić information content (AvgIpc) is 2.68. The minimum absolute atomic E-state index is 0.0655. The molecule has 1 saturated carbocycles.